The summed E-state index contributed by atoms with van der Waals surface area (Å²) >= 11 is 10.4. The third-order valence-electron chi connectivity index (χ3n) is 3.62. The zero-order valence-corrected chi connectivity index (χ0v) is 14.7. The van der Waals surface area contributed by atoms with E-state index in [2.05, 4.69) is 77.2 Å². The molecule has 0 nitrogen and oxygen atoms in total. The van der Waals surface area contributed by atoms with Crippen LogP contribution in [-0.4, -0.2) is 0 Å². The zero-order chi connectivity index (χ0) is 14.4. The molecule has 1 heterocycles. The van der Waals surface area contributed by atoms with E-state index in [0.29, 0.717) is 0 Å². The highest BCUT2D eigenvalue weighted by Crippen LogP contribution is 2.42. The van der Waals surface area contributed by atoms with Gasteiger partial charge < -0.3 is 0 Å². The van der Waals surface area contributed by atoms with E-state index >= 15 is 0 Å². The molecule has 0 spiro atoms. The van der Waals surface area contributed by atoms with Crippen molar-refractivity contribution in [2.45, 2.75) is 0 Å². The van der Waals surface area contributed by atoms with Gasteiger partial charge in [-0.15, -0.1) is 11.3 Å². The molecule has 0 amide bonds. The number of benzene rings is 3. The molecule has 102 valence electrons. The molecule has 4 rings (SSSR count). The second-order valence-electron chi connectivity index (χ2n) is 4.91. The van der Waals surface area contributed by atoms with Gasteiger partial charge in [0.1, 0.15) is 0 Å². The van der Waals surface area contributed by atoms with Gasteiger partial charge in [0.25, 0.3) is 0 Å². The van der Waals surface area contributed by atoms with Crippen molar-refractivity contribution in [3.63, 3.8) is 0 Å². The Kier molecular flexibility index (Phi) is 3.40. The van der Waals surface area contributed by atoms with Gasteiger partial charge in [-0.2, -0.15) is 0 Å². The molecule has 4 aromatic rings. The Morgan fingerprint density at radius 2 is 1.71 bits per heavy atom. The SMILES string of the molecule is Clc1ccc2c(c1)sc1c(I)ccc(-c3ccccc3)c12. The van der Waals surface area contributed by atoms with Crippen LogP contribution in [0.2, 0.25) is 5.02 Å². The van der Waals surface area contributed by atoms with E-state index < -0.39 is 0 Å². The number of halogens is 2. The molecule has 0 aliphatic carbocycles. The third kappa shape index (κ3) is 2.26. The third-order valence-corrected chi connectivity index (χ3v) is 6.31. The lowest BCUT2D eigenvalue weighted by Gasteiger charge is -2.06. The molecule has 0 aliphatic rings. The molecule has 0 aliphatic heterocycles. The van der Waals surface area contributed by atoms with Crippen molar-refractivity contribution in [3.05, 3.63) is 69.3 Å². The van der Waals surface area contributed by atoms with Crippen LogP contribution in [0.1, 0.15) is 0 Å². The van der Waals surface area contributed by atoms with Gasteiger partial charge in [-0.25, -0.2) is 0 Å². The zero-order valence-electron chi connectivity index (χ0n) is 10.9. The number of thiophene rings is 1. The first-order valence-electron chi connectivity index (χ1n) is 6.60. The van der Waals surface area contributed by atoms with E-state index in [1.54, 1.807) is 0 Å². The van der Waals surface area contributed by atoms with Crippen LogP contribution in [-0.2, 0) is 0 Å². The van der Waals surface area contributed by atoms with Gasteiger partial charge in [-0.3, -0.25) is 0 Å². The summed E-state index contributed by atoms with van der Waals surface area (Å²) in [6, 6.07) is 21.2. The van der Waals surface area contributed by atoms with Gasteiger partial charge in [0, 0.05) is 28.8 Å². The minimum atomic E-state index is 0.797. The van der Waals surface area contributed by atoms with E-state index in [9.17, 15) is 0 Å². The summed E-state index contributed by atoms with van der Waals surface area (Å²) in [5.41, 5.74) is 2.55. The molecular formula is C18H10ClIS. The maximum atomic E-state index is 6.15. The summed E-state index contributed by atoms with van der Waals surface area (Å²) in [6.07, 6.45) is 0. The molecule has 0 bridgehead atoms. The van der Waals surface area contributed by atoms with Crippen LogP contribution < -0.4 is 0 Å². The van der Waals surface area contributed by atoms with Crippen LogP contribution in [0.5, 0.6) is 0 Å². The van der Waals surface area contributed by atoms with E-state index in [1.807, 2.05) is 17.4 Å². The predicted molar refractivity (Wildman–Crippen MR) is 102 cm³/mol. The highest BCUT2D eigenvalue weighted by atomic mass is 127. The average molecular weight is 421 g/mol. The standard InChI is InChI=1S/C18H10ClIS/c19-12-6-7-14-16(10-12)21-18-15(20)9-8-13(17(14)18)11-4-2-1-3-5-11/h1-10H. The summed E-state index contributed by atoms with van der Waals surface area (Å²) in [5, 5.41) is 3.42. The van der Waals surface area contributed by atoms with Crippen molar-refractivity contribution in [2.24, 2.45) is 0 Å². The Morgan fingerprint density at radius 3 is 2.52 bits per heavy atom. The number of fused-ring (bicyclic) bond motifs is 3. The van der Waals surface area contributed by atoms with Crippen molar-refractivity contribution in [2.75, 3.05) is 0 Å². The molecule has 0 saturated carbocycles. The van der Waals surface area contributed by atoms with Crippen molar-refractivity contribution < 1.29 is 0 Å². The van der Waals surface area contributed by atoms with Gasteiger partial charge in [-0.1, -0.05) is 54.1 Å². The number of rotatable bonds is 1. The summed E-state index contributed by atoms with van der Waals surface area (Å²) in [7, 11) is 0. The topological polar surface area (TPSA) is 0 Å². The van der Waals surface area contributed by atoms with Crippen LogP contribution in [0.4, 0.5) is 0 Å². The van der Waals surface area contributed by atoms with Crippen molar-refractivity contribution in [1.29, 1.82) is 0 Å². The average Bonchev–Trinajstić information content (AvgIpc) is 2.88. The largest absolute Gasteiger partial charge is 0.134 e. The van der Waals surface area contributed by atoms with Gasteiger partial charge in [-0.05, 0) is 51.9 Å². The van der Waals surface area contributed by atoms with Crippen LogP contribution in [0.25, 0.3) is 31.3 Å². The molecule has 0 saturated heterocycles. The molecule has 21 heavy (non-hydrogen) atoms. The first kappa shape index (κ1) is 13.6. The molecular weight excluding hydrogens is 411 g/mol. The summed E-state index contributed by atoms with van der Waals surface area (Å²) < 4.78 is 3.88. The van der Waals surface area contributed by atoms with E-state index in [1.165, 1.54) is 34.9 Å². The fourth-order valence-electron chi connectivity index (χ4n) is 2.68. The van der Waals surface area contributed by atoms with Gasteiger partial charge in [0.05, 0.1) is 0 Å². The van der Waals surface area contributed by atoms with Crippen LogP contribution >= 0.6 is 45.5 Å². The second kappa shape index (κ2) is 5.27. The van der Waals surface area contributed by atoms with Gasteiger partial charge >= 0.3 is 0 Å². The number of hydrogen-bond acceptors (Lipinski definition) is 1. The van der Waals surface area contributed by atoms with Crippen molar-refractivity contribution >= 4 is 65.7 Å². The summed E-state index contributed by atoms with van der Waals surface area (Å²) in [6.45, 7) is 0. The van der Waals surface area contributed by atoms with Crippen LogP contribution in [0.3, 0.4) is 0 Å². The Bertz CT molecular complexity index is 957. The molecule has 0 fully saturated rings. The second-order valence-corrected chi connectivity index (χ2v) is 7.56. The van der Waals surface area contributed by atoms with Gasteiger partial charge in [0.2, 0.25) is 0 Å². The quantitative estimate of drug-likeness (QED) is 0.291. The Hall–Kier alpha value is -1.10. The molecule has 1 aromatic heterocycles. The Labute approximate surface area is 145 Å². The normalized spacial score (nSPS) is 11.3. The fraction of sp³-hybridized carbons (Fsp3) is 0. The van der Waals surface area contributed by atoms with Crippen molar-refractivity contribution in [3.8, 4) is 11.1 Å². The first-order valence-corrected chi connectivity index (χ1v) is 8.87. The molecule has 3 aromatic carbocycles. The summed E-state index contributed by atoms with van der Waals surface area (Å²) in [5.74, 6) is 0. The highest BCUT2D eigenvalue weighted by Gasteiger charge is 2.13. The minimum Gasteiger partial charge on any atom is -0.134 e. The summed E-state index contributed by atoms with van der Waals surface area (Å²) in [4.78, 5) is 0. The minimum absolute atomic E-state index is 0.797. The highest BCUT2D eigenvalue weighted by molar-refractivity contribution is 14.1. The lowest BCUT2D eigenvalue weighted by atomic mass is 10.00. The molecule has 0 N–H and O–H groups in total. The molecule has 0 atom stereocenters. The van der Waals surface area contributed by atoms with Crippen LogP contribution in [0, 0.1) is 3.57 Å². The Morgan fingerprint density at radius 1 is 0.905 bits per heavy atom. The van der Waals surface area contributed by atoms with E-state index in [4.69, 9.17) is 11.6 Å². The Balaban J connectivity index is 2.18. The lowest BCUT2D eigenvalue weighted by molar-refractivity contribution is 1.66. The number of hydrogen-bond donors (Lipinski definition) is 0. The molecule has 3 heteroatoms. The molecule has 0 unspecified atom stereocenters. The lowest BCUT2D eigenvalue weighted by Crippen LogP contribution is -1.81. The van der Waals surface area contributed by atoms with Crippen LogP contribution in [0.15, 0.2) is 60.7 Å². The van der Waals surface area contributed by atoms with E-state index in [0.717, 1.165) is 5.02 Å². The van der Waals surface area contributed by atoms with Gasteiger partial charge in [0.15, 0.2) is 0 Å². The predicted octanol–water partition coefficient (Wildman–Crippen LogP) is 6.98. The first-order chi connectivity index (χ1) is 10.2. The fourth-order valence-corrected chi connectivity index (χ4v) is 4.87. The maximum absolute atomic E-state index is 6.15. The molecule has 0 radical (unpaired) electrons. The monoisotopic (exact) mass is 420 g/mol. The smallest absolute Gasteiger partial charge is 0.0495 e. The van der Waals surface area contributed by atoms with Crippen molar-refractivity contribution in [1.82, 2.24) is 0 Å². The maximum Gasteiger partial charge on any atom is 0.0495 e. The van der Waals surface area contributed by atoms with E-state index in [-0.39, 0.29) is 0 Å².